The molecule has 2 N–H and O–H groups in total. The molecule has 1 aliphatic carbocycles. The summed E-state index contributed by atoms with van der Waals surface area (Å²) in [7, 11) is 0. The molecule has 0 unspecified atom stereocenters. The number of phenols is 1. The average Bonchev–Trinajstić information content (AvgIpc) is 2.95. The van der Waals surface area contributed by atoms with Gasteiger partial charge in [-0.3, -0.25) is 4.79 Å². The minimum atomic E-state index is -0.205. The van der Waals surface area contributed by atoms with Gasteiger partial charge in [-0.25, -0.2) is 15.4 Å². The van der Waals surface area contributed by atoms with E-state index in [1.807, 2.05) is 26.0 Å². The number of carbonyl (C=O) groups excluding carboxylic acids is 1. The van der Waals surface area contributed by atoms with Crippen molar-refractivity contribution in [3.05, 3.63) is 46.8 Å². The van der Waals surface area contributed by atoms with E-state index in [1.165, 1.54) is 11.8 Å². The maximum absolute atomic E-state index is 12.0. The Labute approximate surface area is 144 Å². The van der Waals surface area contributed by atoms with Gasteiger partial charge in [0.05, 0.1) is 11.5 Å². The number of aryl methyl sites for hydroxylation is 2. The number of fused-ring (bicyclic) bond motifs is 1. The predicted molar refractivity (Wildman–Crippen MR) is 93.3 cm³/mol. The lowest BCUT2D eigenvalue weighted by Gasteiger charge is -2.04. The Morgan fingerprint density at radius 1 is 1.29 bits per heavy atom. The van der Waals surface area contributed by atoms with Crippen molar-refractivity contribution in [3.8, 4) is 5.75 Å². The molecule has 1 aromatic heterocycles. The molecule has 1 aliphatic rings. The largest absolute Gasteiger partial charge is 0.508 e. The Bertz CT molecular complexity index is 800. The summed E-state index contributed by atoms with van der Waals surface area (Å²) < 4.78 is 0. The van der Waals surface area contributed by atoms with E-state index in [0.29, 0.717) is 11.6 Å². The van der Waals surface area contributed by atoms with Gasteiger partial charge in [0.1, 0.15) is 5.75 Å². The van der Waals surface area contributed by atoms with E-state index in [0.717, 1.165) is 34.6 Å². The number of rotatable bonds is 4. The fourth-order valence-corrected chi connectivity index (χ4v) is 3.39. The summed E-state index contributed by atoms with van der Waals surface area (Å²) in [5, 5.41) is 14.6. The van der Waals surface area contributed by atoms with Crippen LogP contribution in [0.15, 0.2) is 34.5 Å². The van der Waals surface area contributed by atoms with Crippen LogP contribution in [0.4, 0.5) is 0 Å². The van der Waals surface area contributed by atoms with Gasteiger partial charge in [-0.1, -0.05) is 23.9 Å². The summed E-state index contributed by atoms with van der Waals surface area (Å²) in [5.41, 5.74) is 6.93. The van der Waals surface area contributed by atoms with E-state index in [2.05, 4.69) is 20.5 Å². The normalized spacial score (nSPS) is 14.7. The summed E-state index contributed by atoms with van der Waals surface area (Å²) in [6.45, 7) is 3.80. The Hall–Kier alpha value is -2.41. The van der Waals surface area contributed by atoms with Crippen LogP contribution in [-0.4, -0.2) is 32.4 Å². The molecule has 124 valence electrons. The zero-order valence-electron chi connectivity index (χ0n) is 13.5. The Morgan fingerprint density at radius 2 is 2.04 bits per heavy atom. The quantitative estimate of drug-likeness (QED) is 0.506. The van der Waals surface area contributed by atoms with Gasteiger partial charge in [-0.05, 0) is 38.8 Å². The van der Waals surface area contributed by atoms with Crippen LogP contribution >= 0.6 is 11.8 Å². The first-order valence-corrected chi connectivity index (χ1v) is 8.63. The van der Waals surface area contributed by atoms with E-state index < -0.39 is 0 Å². The standard InChI is InChI=1S/C17H18N4O2S/c1-10-8-11(2)19-17(18-10)24-9-16(23)21-20-14-7-6-13-12(14)4-3-5-15(13)22/h3-5,8,22H,6-7,9H2,1-2H3,(H,21,23). The summed E-state index contributed by atoms with van der Waals surface area (Å²) >= 11 is 1.28. The molecule has 0 radical (unpaired) electrons. The highest BCUT2D eigenvalue weighted by molar-refractivity contribution is 7.99. The minimum absolute atomic E-state index is 0.201. The molecule has 2 aromatic rings. The fourth-order valence-electron chi connectivity index (χ4n) is 2.65. The van der Waals surface area contributed by atoms with Gasteiger partial charge in [0.15, 0.2) is 5.16 Å². The lowest BCUT2D eigenvalue weighted by Crippen LogP contribution is -2.21. The summed E-state index contributed by atoms with van der Waals surface area (Å²) in [5.74, 6) is 0.280. The van der Waals surface area contributed by atoms with Crippen LogP contribution in [0.1, 0.15) is 28.9 Å². The third-order valence-corrected chi connectivity index (χ3v) is 4.53. The number of hydrazone groups is 1. The van der Waals surface area contributed by atoms with E-state index in [9.17, 15) is 9.90 Å². The van der Waals surface area contributed by atoms with Crippen LogP contribution in [-0.2, 0) is 11.2 Å². The van der Waals surface area contributed by atoms with Crippen LogP contribution in [0.5, 0.6) is 5.75 Å². The SMILES string of the molecule is Cc1cc(C)nc(SCC(=O)NN=C2CCc3c(O)cccc32)n1. The second kappa shape index (κ2) is 7.00. The van der Waals surface area contributed by atoms with E-state index >= 15 is 0 Å². The first-order chi connectivity index (χ1) is 11.5. The molecule has 0 fully saturated rings. The third-order valence-electron chi connectivity index (χ3n) is 3.68. The van der Waals surface area contributed by atoms with E-state index in [-0.39, 0.29) is 17.4 Å². The van der Waals surface area contributed by atoms with Crippen molar-refractivity contribution in [3.63, 3.8) is 0 Å². The maximum Gasteiger partial charge on any atom is 0.250 e. The molecule has 0 bridgehead atoms. The van der Waals surface area contributed by atoms with Crippen LogP contribution in [0.2, 0.25) is 0 Å². The van der Waals surface area contributed by atoms with Gasteiger partial charge in [-0.2, -0.15) is 5.10 Å². The van der Waals surface area contributed by atoms with Crippen LogP contribution in [0, 0.1) is 13.8 Å². The van der Waals surface area contributed by atoms with Gasteiger partial charge in [0.25, 0.3) is 5.91 Å². The molecule has 0 spiro atoms. The number of phenolic OH excluding ortho intramolecular Hbond substituents is 1. The number of benzene rings is 1. The second-order valence-corrected chi connectivity index (χ2v) is 6.56. The second-order valence-electron chi connectivity index (χ2n) is 5.62. The molecule has 1 amide bonds. The van der Waals surface area contributed by atoms with E-state index in [4.69, 9.17) is 0 Å². The third kappa shape index (κ3) is 3.73. The van der Waals surface area contributed by atoms with Gasteiger partial charge in [-0.15, -0.1) is 0 Å². The van der Waals surface area contributed by atoms with Crippen molar-refractivity contribution < 1.29 is 9.90 Å². The summed E-state index contributed by atoms with van der Waals surface area (Å²) in [6, 6.07) is 7.25. The Balaban J connectivity index is 1.60. The lowest BCUT2D eigenvalue weighted by atomic mass is 10.1. The number of aromatic nitrogens is 2. The highest BCUT2D eigenvalue weighted by Gasteiger charge is 2.20. The first-order valence-electron chi connectivity index (χ1n) is 7.64. The molecule has 0 saturated heterocycles. The van der Waals surface area contributed by atoms with Gasteiger partial charge < -0.3 is 5.11 Å². The molecule has 1 aromatic carbocycles. The van der Waals surface area contributed by atoms with Crippen molar-refractivity contribution in [2.75, 3.05) is 5.75 Å². The van der Waals surface area contributed by atoms with Crippen molar-refractivity contribution >= 4 is 23.4 Å². The van der Waals surface area contributed by atoms with Gasteiger partial charge in [0, 0.05) is 22.5 Å². The number of hydrogen-bond donors (Lipinski definition) is 2. The number of nitrogens with zero attached hydrogens (tertiary/aromatic N) is 3. The number of thioether (sulfide) groups is 1. The zero-order chi connectivity index (χ0) is 17.1. The molecular weight excluding hydrogens is 324 g/mol. The highest BCUT2D eigenvalue weighted by atomic mass is 32.2. The van der Waals surface area contributed by atoms with Gasteiger partial charge in [0.2, 0.25) is 0 Å². The molecular formula is C17H18N4O2S. The van der Waals surface area contributed by atoms with Crippen LogP contribution in [0.25, 0.3) is 0 Å². The number of hydrogen-bond acceptors (Lipinski definition) is 6. The van der Waals surface area contributed by atoms with Crippen LogP contribution < -0.4 is 5.43 Å². The molecule has 24 heavy (non-hydrogen) atoms. The van der Waals surface area contributed by atoms with Crippen LogP contribution in [0.3, 0.4) is 0 Å². The number of nitrogens with one attached hydrogen (secondary N) is 1. The van der Waals surface area contributed by atoms with Crippen molar-refractivity contribution in [1.29, 1.82) is 0 Å². The topological polar surface area (TPSA) is 87.5 Å². The number of aromatic hydroxyl groups is 1. The minimum Gasteiger partial charge on any atom is -0.508 e. The monoisotopic (exact) mass is 342 g/mol. The molecule has 6 nitrogen and oxygen atoms in total. The predicted octanol–water partition coefficient (Wildman–Crippen LogP) is 2.36. The molecule has 7 heteroatoms. The van der Waals surface area contributed by atoms with Crippen molar-refractivity contribution in [2.45, 2.75) is 31.8 Å². The molecule has 0 atom stereocenters. The smallest absolute Gasteiger partial charge is 0.250 e. The molecule has 3 rings (SSSR count). The summed E-state index contributed by atoms with van der Waals surface area (Å²) in [6.07, 6.45) is 1.45. The summed E-state index contributed by atoms with van der Waals surface area (Å²) in [4.78, 5) is 20.6. The molecule has 0 saturated carbocycles. The van der Waals surface area contributed by atoms with E-state index in [1.54, 1.807) is 12.1 Å². The maximum atomic E-state index is 12.0. The van der Waals surface area contributed by atoms with Crippen molar-refractivity contribution in [1.82, 2.24) is 15.4 Å². The zero-order valence-corrected chi connectivity index (χ0v) is 14.4. The Morgan fingerprint density at radius 3 is 2.79 bits per heavy atom. The fraction of sp³-hybridized carbons (Fsp3) is 0.294. The first kappa shape index (κ1) is 16.4. The molecule has 0 aliphatic heterocycles. The van der Waals surface area contributed by atoms with Gasteiger partial charge >= 0.3 is 0 Å². The van der Waals surface area contributed by atoms with Crippen molar-refractivity contribution in [2.24, 2.45) is 5.10 Å². The number of carbonyl (C=O) groups is 1. The highest BCUT2D eigenvalue weighted by Crippen LogP contribution is 2.29. The lowest BCUT2D eigenvalue weighted by molar-refractivity contribution is -0.118. The molecule has 1 heterocycles. The average molecular weight is 342 g/mol. The Kier molecular flexibility index (Phi) is 4.80. The number of amides is 1.